The van der Waals surface area contributed by atoms with Gasteiger partial charge in [-0.3, -0.25) is 9.59 Å². The zero-order chi connectivity index (χ0) is 14.1. The second-order valence-electron chi connectivity index (χ2n) is 5.06. The minimum atomic E-state index is -0.475. The molecule has 0 aliphatic carbocycles. The summed E-state index contributed by atoms with van der Waals surface area (Å²) in [5, 5.41) is 4.93. The molecule has 1 aliphatic rings. The van der Waals surface area contributed by atoms with Crippen molar-refractivity contribution >= 4 is 28.3 Å². The van der Waals surface area contributed by atoms with E-state index in [-0.39, 0.29) is 11.8 Å². The fourth-order valence-corrected chi connectivity index (χ4v) is 2.53. The number of nitrogens with zero attached hydrogens (tertiary/aromatic N) is 1. The van der Waals surface area contributed by atoms with Gasteiger partial charge in [0.15, 0.2) is 0 Å². The highest BCUT2D eigenvalue weighted by molar-refractivity contribution is 6.02. The van der Waals surface area contributed by atoms with Crippen LogP contribution in [0, 0.1) is 0 Å². The van der Waals surface area contributed by atoms with E-state index in [0.29, 0.717) is 13.0 Å². The van der Waals surface area contributed by atoms with Crippen molar-refractivity contribution in [2.24, 2.45) is 0 Å². The molecule has 4 nitrogen and oxygen atoms in total. The Labute approximate surface area is 117 Å². The van der Waals surface area contributed by atoms with E-state index in [1.165, 1.54) is 0 Å². The van der Waals surface area contributed by atoms with Crippen LogP contribution in [0.5, 0.6) is 0 Å². The molecule has 1 N–H and O–H groups in total. The first-order chi connectivity index (χ1) is 9.65. The van der Waals surface area contributed by atoms with Gasteiger partial charge in [0.25, 0.3) is 0 Å². The fraction of sp³-hybridized carbons (Fsp3) is 0.250. The Morgan fingerprint density at radius 2 is 1.85 bits per heavy atom. The van der Waals surface area contributed by atoms with Gasteiger partial charge in [0.05, 0.1) is 0 Å². The van der Waals surface area contributed by atoms with Crippen molar-refractivity contribution in [2.75, 3.05) is 11.4 Å². The monoisotopic (exact) mass is 268 g/mol. The number of hydrogen-bond donors (Lipinski definition) is 1. The van der Waals surface area contributed by atoms with Crippen molar-refractivity contribution in [3.63, 3.8) is 0 Å². The minimum absolute atomic E-state index is 0.0638. The molecule has 0 bridgehead atoms. The molecule has 1 fully saturated rings. The first kappa shape index (κ1) is 12.7. The van der Waals surface area contributed by atoms with Gasteiger partial charge in [-0.1, -0.05) is 30.3 Å². The number of amides is 2. The number of anilines is 1. The highest BCUT2D eigenvalue weighted by atomic mass is 16.2. The van der Waals surface area contributed by atoms with Crippen LogP contribution in [0.15, 0.2) is 42.5 Å². The number of carbonyl (C=O) groups is 2. The molecule has 0 spiro atoms. The van der Waals surface area contributed by atoms with Crippen LogP contribution in [-0.2, 0) is 9.59 Å². The Balaban J connectivity index is 2.00. The van der Waals surface area contributed by atoms with Crippen molar-refractivity contribution in [3.8, 4) is 0 Å². The lowest BCUT2D eigenvalue weighted by atomic mass is 10.1. The van der Waals surface area contributed by atoms with Gasteiger partial charge >= 0.3 is 0 Å². The molecule has 2 amide bonds. The van der Waals surface area contributed by atoms with Crippen LogP contribution in [0.2, 0.25) is 0 Å². The highest BCUT2D eigenvalue weighted by Gasteiger charge is 2.27. The molecule has 2 aromatic carbocycles. The van der Waals surface area contributed by atoms with Gasteiger partial charge in [0.2, 0.25) is 11.8 Å². The average Bonchev–Trinajstić information content (AvgIpc) is 2.58. The maximum atomic E-state index is 12.3. The van der Waals surface area contributed by atoms with Gasteiger partial charge in [0, 0.05) is 18.7 Å². The van der Waals surface area contributed by atoms with Crippen LogP contribution >= 0.6 is 0 Å². The Bertz CT molecular complexity index is 681. The molecule has 1 unspecified atom stereocenters. The molecule has 1 saturated heterocycles. The summed E-state index contributed by atoms with van der Waals surface area (Å²) in [7, 11) is 0. The molecule has 1 atom stereocenters. The lowest BCUT2D eigenvalue weighted by molar-refractivity contribution is -0.125. The molecular formula is C16H16N2O2. The van der Waals surface area contributed by atoms with Crippen molar-refractivity contribution in [2.45, 2.75) is 19.4 Å². The van der Waals surface area contributed by atoms with Gasteiger partial charge in [0.1, 0.15) is 6.04 Å². The van der Waals surface area contributed by atoms with Gasteiger partial charge in [-0.2, -0.15) is 0 Å². The summed E-state index contributed by atoms with van der Waals surface area (Å²) in [6.45, 7) is 2.15. The van der Waals surface area contributed by atoms with Crippen LogP contribution < -0.4 is 10.2 Å². The molecule has 0 radical (unpaired) electrons. The van der Waals surface area contributed by atoms with Crippen LogP contribution in [0.1, 0.15) is 13.3 Å². The Hall–Kier alpha value is -2.36. The summed E-state index contributed by atoms with van der Waals surface area (Å²) >= 11 is 0. The summed E-state index contributed by atoms with van der Waals surface area (Å²) in [6.07, 6.45) is 0.336. The first-order valence-corrected chi connectivity index (χ1v) is 6.75. The topological polar surface area (TPSA) is 49.4 Å². The lowest BCUT2D eigenvalue weighted by Crippen LogP contribution is -2.42. The number of carbonyl (C=O) groups excluding carboxylic acids is 2. The van der Waals surface area contributed by atoms with Crippen LogP contribution in [-0.4, -0.2) is 24.4 Å². The van der Waals surface area contributed by atoms with Crippen LogP contribution in [0.4, 0.5) is 5.69 Å². The smallest absolute Gasteiger partial charge is 0.249 e. The van der Waals surface area contributed by atoms with E-state index in [9.17, 15) is 9.59 Å². The van der Waals surface area contributed by atoms with Gasteiger partial charge in [-0.25, -0.2) is 0 Å². The van der Waals surface area contributed by atoms with Crippen LogP contribution in [0.25, 0.3) is 10.8 Å². The zero-order valence-corrected chi connectivity index (χ0v) is 11.3. The minimum Gasteiger partial charge on any atom is -0.345 e. The second-order valence-corrected chi connectivity index (χ2v) is 5.06. The zero-order valence-electron chi connectivity index (χ0n) is 11.3. The molecule has 2 aromatic rings. The van der Waals surface area contributed by atoms with E-state index >= 15 is 0 Å². The fourth-order valence-electron chi connectivity index (χ4n) is 2.53. The van der Waals surface area contributed by atoms with Crippen molar-refractivity contribution in [1.82, 2.24) is 5.32 Å². The maximum Gasteiger partial charge on any atom is 0.249 e. The molecule has 0 saturated carbocycles. The van der Waals surface area contributed by atoms with Gasteiger partial charge in [-0.15, -0.1) is 0 Å². The third-order valence-corrected chi connectivity index (χ3v) is 3.62. The summed E-state index contributed by atoms with van der Waals surface area (Å²) in [6, 6.07) is 13.5. The van der Waals surface area contributed by atoms with E-state index < -0.39 is 6.04 Å². The van der Waals surface area contributed by atoms with Crippen molar-refractivity contribution in [1.29, 1.82) is 0 Å². The quantitative estimate of drug-likeness (QED) is 0.861. The number of fused-ring (bicyclic) bond motifs is 1. The Morgan fingerprint density at radius 3 is 2.65 bits per heavy atom. The third kappa shape index (κ3) is 2.25. The lowest BCUT2D eigenvalue weighted by Gasteiger charge is -2.22. The van der Waals surface area contributed by atoms with E-state index in [4.69, 9.17) is 0 Å². The average molecular weight is 268 g/mol. The molecule has 3 rings (SSSR count). The molecule has 0 aromatic heterocycles. The van der Waals surface area contributed by atoms with E-state index in [1.54, 1.807) is 11.8 Å². The Kier molecular flexibility index (Phi) is 3.14. The predicted molar refractivity (Wildman–Crippen MR) is 78.5 cm³/mol. The van der Waals surface area contributed by atoms with E-state index in [2.05, 4.69) is 5.32 Å². The van der Waals surface area contributed by atoms with Crippen LogP contribution in [0.3, 0.4) is 0 Å². The first-order valence-electron chi connectivity index (χ1n) is 6.75. The summed E-state index contributed by atoms with van der Waals surface area (Å²) < 4.78 is 0. The molecule has 1 aliphatic heterocycles. The van der Waals surface area contributed by atoms with Gasteiger partial charge in [-0.05, 0) is 29.8 Å². The standard InChI is InChI=1S/C16H16N2O2/c1-11-16(20)18(9-8-15(19)17-11)14-7-6-12-4-2-3-5-13(12)10-14/h2-7,10-11H,8-9H2,1H3,(H,17,19). The Morgan fingerprint density at radius 1 is 1.10 bits per heavy atom. The third-order valence-electron chi connectivity index (χ3n) is 3.62. The molecule has 102 valence electrons. The maximum absolute atomic E-state index is 12.3. The number of nitrogens with one attached hydrogen (secondary N) is 1. The van der Waals surface area contributed by atoms with E-state index in [1.807, 2.05) is 42.5 Å². The summed E-state index contributed by atoms with van der Waals surface area (Å²) in [5.74, 6) is -0.139. The predicted octanol–water partition coefficient (Wildman–Crippen LogP) is 2.08. The van der Waals surface area contributed by atoms with E-state index in [0.717, 1.165) is 16.5 Å². The molecular weight excluding hydrogens is 252 g/mol. The largest absolute Gasteiger partial charge is 0.345 e. The summed E-state index contributed by atoms with van der Waals surface area (Å²) in [4.78, 5) is 25.6. The number of hydrogen-bond acceptors (Lipinski definition) is 2. The molecule has 1 heterocycles. The second kappa shape index (κ2) is 4.96. The normalized spacial score (nSPS) is 19.9. The van der Waals surface area contributed by atoms with Crippen molar-refractivity contribution in [3.05, 3.63) is 42.5 Å². The molecule has 20 heavy (non-hydrogen) atoms. The SMILES string of the molecule is CC1NC(=O)CCN(c2ccc3ccccc3c2)C1=O. The summed E-state index contributed by atoms with van der Waals surface area (Å²) in [5.41, 5.74) is 0.844. The van der Waals surface area contributed by atoms with Gasteiger partial charge < -0.3 is 10.2 Å². The number of rotatable bonds is 1. The number of benzene rings is 2. The van der Waals surface area contributed by atoms with Crippen molar-refractivity contribution < 1.29 is 9.59 Å². The molecule has 4 heteroatoms. The highest BCUT2D eigenvalue weighted by Crippen LogP contribution is 2.23.